The van der Waals surface area contributed by atoms with Gasteiger partial charge in [0.05, 0.1) is 11.2 Å². The van der Waals surface area contributed by atoms with Crippen LogP contribution in [0.3, 0.4) is 0 Å². The Hall–Kier alpha value is -0.410. The van der Waals surface area contributed by atoms with Gasteiger partial charge in [0.15, 0.2) is 0 Å². The molecule has 0 saturated heterocycles. The lowest BCUT2D eigenvalue weighted by Crippen LogP contribution is -2.36. The third-order valence-corrected chi connectivity index (χ3v) is 4.33. The fourth-order valence-electron chi connectivity index (χ4n) is 2.58. The van der Waals surface area contributed by atoms with E-state index in [0.717, 1.165) is 5.92 Å². The quantitative estimate of drug-likeness (QED) is 0.811. The summed E-state index contributed by atoms with van der Waals surface area (Å²) in [5, 5.41) is 5.91. The average Bonchev–Trinajstić information content (AvgIpc) is 2.73. The monoisotopic (exact) mass is 238 g/mol. The van der Waals surface area contributed by atoms with Crippen molar-refractivity contribution in [1.82, 2.24) is 10.3 Å². The molecule has 3 unspecified atom stereocenters. The van der Waals surface area contributed by atoms with E-state index in [0.29, 0.717) is 12.1 Å². The molecule has 1 aliphatic carbocycles. The lowest BCUT2D eigenvalue weighted by atomic mass is 9.96. The zero-order valence-corrected chi connectivity index (χ0v) is 11.1. The van der Waals surface area contributed by atoms with Gasteiger partial charge >= 0.3 is 0 Å². The first-order valence-corrected chi connectivity index (χ1v) is 7.36. The molecule has 0 amide bonds. The average molecular weight is 238 g/mol. The van der Waals surface area contributed by atoms with E-state index in [1.807, 2.05) is 5.51 Å². The van der Waals surface area contributed by atoms with Crippen molar-refractivity contribution in [1.29, 1.82) is 0 Å². The van der Waals surface area contributed by atoms with Crippen LogP contribution in [0.25, 0.3) is 0 Å². The van der Waals surface area contributed by atoms with Gasteiger partial charge in [0, 0.05) is 17.5 Å². The molecule has 1 saturated carbocycles. The molecule has 1 aromatic rings. The summed E-state index contributed by atoms with van der Waals surface area (Å²) in [5.41, 5.74) is 3.12. The summed E-state index contributed by atoms with van der Waals surface area (Å²) < 4.78 is 0. The normalized spacial score (nSPS) is 28.6. The molecule has 0 aliphatic heterocycles. The van der Waals surface area contributed by atoms with Crippen molar-refractivity contribution in [3.63, 3.8) is 0 Å². The topological polar surface area (TPSA) is 24.9 Å². The van der Waals surface area contributed by atoms with Gasteiger partial charge in [-0.05, 0) is 25.7 Å². The number of thiazole rings is 1. The molecule has 0 spiro atoms. The van der Waals surface area contributed by atoms with E-state index >= 15 is 0 Å². The van der Waals surface area contributed by atoms with Crippen molar-refractivity contribution in [2.75, 3.05) is 0 Å². The summed E-state index contributed by atoms with van der Waals surface area (Å²) in [6, 6.07) is 1.08. The number of hydrogen-bond donors (Lipinski definition) is 1. The predicted octanol–water partition coefficient (Wildman–Crippen LogP) is 3.76. The Morgan fingerprint density at radius 3 is 2.94 bits per heavy atom. The van der Waals surface area contributed by atoms with Crippen LogP contribution in [-0.2, 0) is 0 Å². The Morgan fingerprint density at radius 2 is 2.19 bits per heavy atom. The first-order chi connectivity index (χ1) is 7.77. The first kappa shape index (κ1) is 12.1. The van der Waals surface area contributed by atoms with Gasteiger partial charge in [-0.25, -0.2) is 4.98 Å². The summed E-state index contributed by atoms with van der Waals surface area (Å²) in [6.45, 7) is 4.61. The molecule has 0 aromatic carbocycles. The van der Waals surface area contributed by atoms with Crippen LogP contribution in [-0.4, -0.2) is 11.0 Å². The molecule has 2 rings (SSSR count). The predicted molar refractivity (Wildman–Crippen MR) is 69.7 cm³/mol. The molecular formula is C13H22N2S. The number of nitrogens with one attached hydrogen (secondary N) is 1. The maximum absolute atomic E-state index is 4.39. The van der Waals surface area contributed by atoms with Gasteiger partial charge in [0.1, 0.15) is 0 Å². The lowest BCUT2D eigenvalue weighted by molar-refractivity contribution is 0.328. The molecule has 2 nitrogen and oxygen atoms in total. The van der Waals surface area contributed by atoms with E-state index in [-0.39, 0.29) is 0 Å². The van der Waals surface area contributed by atoms with Crippen LogP contribution in [0.5, 0.6) is 0 Å². The van der Waals surface area contributed by atoms with Crippen LogP contribution in [0.15, 0.2) is 10.9 Å². The highest BCUT2D eigenvalue weighted by Gasteiger charge is 2.22. The third kappa shape index (κ3) is 3.05. The van der Waals surface area contributed by atoms with Crippen molar-refractivity contribution in [3.8, 4) is 0 Å². The number of aromatic nitrogens is 1. The largest absolute Gasteiger partial charge is 0.306 e. The molecule has 1 aromatic heterocycles. The van der Waals surface area contributed by atoms with Gasteiger partial charge in [-0.2, -0.15) is 0 Å². The molecular weight excluding hydrogens is 216 g/mol. The zero-order valence-electron chi connectivity index (χ0n) is 10.3. The van der Waals surface area contributed by atoms with Gasteiger partial charge < -0.3 is 5.32 Å². The van der Waals surface area contributed by atoms with E-state index < -0.39 is 0 Å². The second kappa shape index (κ2) is 5.78. The van der Waals surface area contributed by atoms with Gasteiger partial charge in [0.2, 0.25) is 0 Å². The minimum absolute atomic E-state index is 0.400. The fraction of sp³-hybridized carbons (Fsp3) is 0.769. The molecule has 3 heteroatoms. The van der Waals surface area contributed by atoms with E-state index in [9.17, 15) is 0 Å². The Labute approximate surface area is 102 Å². The van der Waals surface area contributed by atoms with Crippen molar-refractivity contribution in [2.45, 2.75) is 58.0 Å². The van der Waals surface area contributed by atoms with Crippen LogP contribution >= 0.6 is 11.3 Å². The van der Waals surface area contributed by atoms with Crippen molar-refractivity contribution >= 4 is 11.3 Å². The molecule has 1 fully saturated rings. The Bertz CT molecular complexity index is 297. The van der Waals surface area contributed by atoms with Crippen LogP contribution < -0.4 is 5.32 Å². The summed E-state index contributed by atoms with van der Waals surface area (Å²) in [7, 11) is 0. The van der Waals surface area contributed by atoms with Crippen molar-refractivity contribution in [2.24, 2.45) is 5.92 Å². The minimum atomic E-state index is 0.400. The number of rotatable bonds is 3. The van der Waals surface area contributed by atoms with E-state index in [1.54, 1.807) is 11.3 Å². The van der Waals surface area contributed by atoms with Gasteiger partial charge in [-0.3, -0.25) is 0 Å². The lowest BCUT2D eigenvalue weighted by Gasteiger charge is -2.26. The molecule has 16 heavy (non-hydrogen) atoms. The second-order valence-corrected chi connectivity index (χ2v) is 5.74. The van der Waals surface area contributed by atoms with Crippen LogP contribution in [0.1, 0.15) is 57.7 Å². The molecule has 0 bridgehead atoms. The first-order valence-electron chi connectivity index (χ1n) is 6.41. The van der Waals surface area contributed by atoms with E-state index in [2.05, 4.69) is 29.5 Å². The fourth-order valence-corrected chi connectivity index (χ4v) is 3.23. The minimum Gasteiger partial charge on any atom is -0.306 e. The van der Waals surface area contributed by atoms with Crippen molar-refractivity contribution in [3.05, 3.63) is 16.6 Å². The van der Waals surface area contributed by atoms with Crippen LogP contribution in [0.4, 0.5) is 0 Å². The molecule has 3 atom stereocenters. The Balaban J connectivity index is 1.92. The number of hydrogen-bond acceptors (Lipinski definition) is 3. The summed E-state index contributed by atoms with van der Waals surface area (Å²) >= 11 is 1.68. The third-order valence-electron chi connectivity index (χ3n) is 3.72. The maximum atomic E-state index is 4.39. The van der Waals surface area contributed by atoms with Gasteiger partial charge in [0.25, 0.3) is 0 Å². The highest BCUT2D eigenvalue weighted by atomic mass is 32.1. The van der Waals surface area contributed by atoms with E-state index in [1.165, 1.54) is 37.8 Å². The number of nitrogens with zero attached hydrogens (tertiary/aromatic N) is 1. The standard InChI is InChI=1S/C13H22N2S/c1-10-6-4-3-5-7-12(10)15-11(2)13-8-16-9-14-13/h8-12,15H,3-7H2,1-2H3. The van der Waals surface area contributed by atoms with Crippen LogP contribution in [0.2, 0.25) is 0 Å². The highest BCUT2D eigenvalue weighted by molar-refractivity contribution is 7.07. The molecule has 1 N–H and O–H groups in total. The van der Waals surface area contributed by atoms with Gasteiger partial charge in [-0.1, -0.05) is 26.2 Å². The summed E-state index contributed by atoms with van der Waals surface area (Å²) in [5.74, 6) is 0.809. The molecule has 1 aliphatic rings. The highest BCUT2D eigenvalue weighted by Crippen LogP contribution is 2.25. The molecule has 1 heterocycles. The molecule has 0 radical (unpaired) electrons. The van der Waals surface area contributed by atoms with Gasteiger partial charge in [-0.15, -0.1) is 11.3 Å². The van der Waals surface area contributed by atoms with E-state index in [4.69, 9.17) is 0 Å². The zero-order chi connectivity index (χ0) is 11.4. The molecule has 90 valence electrons. The summed E-state index contributed by atoms with van der Waals surface area (Å²) in [6.07, 6.45) is 6.90. The summed E-state index contributed by atoms with van der Waals surface area (Å²) in [4.78, 5) is 4.39. The van der Waals surface area contributed by atoms with Crippen molar-refractivity contribution < 1.29 is 0 Å². The Kier molecular flexibility index (Phi) is 4.36. The SMILES string of the molecule is CC(NC1CCCCCC1C)c1cscn1. The van der Waals surface area contributed by atoms with Crippen LogP contribution in [0, 0.1) is 5.92 Å². The maximum Gasteiger partial charge on any atom is 0.0795 e. The smallest absolute Gasteiger partial charge is 0.0795 e. The second-order valence-electron chi connectivity index (χ2n) is 5.02. The Morgan fingerprint density at radius 1 is 1.38 bits per heavy atom.